The standard InChI is InChI=1S/C15H22O2/c1-11-5-6-13(9-12(11)2)10-14(16)15(17-3)7-4-8-15/h5-6,9,14,16H,4,7-8,10H2,1-3H3. The van der Waals surface area contributed by atoms with Crippen LogP contribution in [-0.4, -0.2) is 23.9 Å². The number of aliphatic hydroxyl groups excluding tert-OH is 1. The lowest BCUT2D eigenvalue weighted by Crippen LogP contribution is -2.50. The quantitative estimate of drug-likeness (QED) is 0.868. The normalized spacial score (nSPS) is 19.8. The molecule has 1 N–H and O–H groups in total. The number of aliphatic hydroxyl groups is 1. The Hall–Kier alpha value is -0.860. The lowest BCUT2D eigenvalue weighted by atomic mass is 9.74. The molecular formula is C15H22O2. The number of hydrogen-bond acceptors (Lipinski definition) is 2. The number of rotatable bonds is 4. The highest BCUT2D eigenvalue weighted by Crippen LogP contribution is 2.39. The van der Waals surface area contributed by atoms with Gasteiger partial charge in [-0.25, -0.2) is 0 Å². The first-order valence-corrected chi connectivity index (χ1v) is 6.37. The summed E-state index contributed by atoms with van der Waals surface area (Å²) in [5, 5.41) is 10.3. The molecule has 0 amide bonds. The van der Waals surface area contributed by atoms with Crippen molar-refractivity contribution in [1.82, 2.24) is 0 Å². The number of aryl methyl sites for hydroxylation is 2. The highest BCUT2D eigenvalue weighted by Gasteiger charge is 2.43. The molecule has 2 rings (SSSR count). The summed E-state index contributed by atoms with van der Waals surface area (Å²) >= 11 is 0. The largest absolute Gasteiger partial charge is 0.390 e. The van der Waals surface area contributed by atoms with E-state index in [2.05, 4.69) is 32.0 Å². The maximum atomic E-state index is 10.3. The molecule has 0 aliphatic heterocycles. The fourth-order valence-corrected chi connectivity index (χ4v) is 2.54. The van der Waals surface area contributed by atoms with Crippen LogP contribution in [0.5, 0.6) is 0 Å². The van der Waals surface area contributed by atoms with Gasteiger partial charge >= 0.3 is 0 Å². The first-order valence-electron chi connectivity index (χ1n) is 6.37. The summed E-state index contributed by atoms with van der Waals surface area (Å²) in [5.41, 5.74) is 3.51. The van der Waals surface area contributed by atoms with Gasteiger partial charge in [0.25, 0.3) is 0 Å². The van der Waals surface area contributed by atoms with Gasteiger partial charge in [0.2, 0.25) is 0 Å². The van der Waals surface area contributed by atoms with Crippen LogP contribution in [0.3, 0.4) is 0 Å². The van der Waals surface area contributed by atoms with Crippen molar-refractivity contribution in [2.24, 2.45) is 0 Å². The zero-order valence-electron chi connectivity index (χ0n) is 11.0. The summed E-state index contributed by atoms with van der Waals surface area (Å²) in [6.07, 6.45) is 3.43. The maximum absolute atomic E-state index is 10.3. The van der Waals surface area contributed by atoms with Gasteiger partial charge in [-0.1, -0.05) is 18.2 Å². The van der Waals surface area contributed by atoms with Crippen LogP contribution in [0.4, 0.5) is 0 Å². The number of hydrogen-bond donors (Lipinski definition) is 1. The average molecular weight is 234 g/mol. The van der Waals surface area contributed by atoms with E-state index < -0.39 is 0 Å². The van der Waals surface area contributed by atoms with Gasteiger partial charge in [0.05, 0.1) is 11.7 Å². The Labute approximate surface area is 104 Å². The van der Waals surface area contributed by atoms with E-state index in [0.717, 1.165) is 19.3 Å². The molecule has 0 heterocycles. The van der Waals surface area contributed by atoms with Crippen molar-refractivity contribution in [3.05, 3.63) is 34.9 Å². The highest BCUT2D eigenvalue weighted by atomic mass is 16.5. The minimum Gasteiger partial charge on any atom is -0.390 e. The zero-order chi connectivity index (χ0) is 12.5. The van der Waals surface area contributed by atoms with Gasteiger partial charge < -0.3 is 9.84 Å². The Balaban J connectivity index is 2.07. The number of ether oxygens (including phenoxy) is 1. The molecule has 1 unspecified atom stereocenters. The monoisotopic (exact) mass is 234 g/mol. The third-order valence-electron chi connectivity index (χ3n) is 4.21. The fourth-order valence-electron chi connectivity index (χ4n) is 2.54. The van der Waals surface area contributed by atoms with Gasteiger partial charge in [-0.05, 0) is 49.8 Å². The topological polar surface area (TPSA) is 29.5 Å². The van der Waals surface area contributed by atoms with Crippen LogP contribution >= 0.6 is 0 Å². The predicted octanol–water partition coefficient (Wildman–Crippen LogP) is 2.78. The van der Waals surface area contributed by atoms with Crippen molar-refractivity contribution in [3.63, 3.8) is 0 Å². The van der Waals surface area contributed by atoms with Crippen LogP contribution in [0.1, 0.15) is 36.0 Å². The summed E-state index contributed by atoms with van der Waals surface area (Å²) in [5.74, 6) is 0. The summed E-state index contributed by atoms with van der Waals surface area (Å²) in [6.45, 7) is 4.22. The zero-order valence-corrected chi connectivity index (χ0v) is 11.0. The molecule has 1 aliphatic carbocycles. The van der Waals surface area contributed by atoms with Crippen molar-refractivity contribution in [3.8, 4) is 0 Å². The molecule has 1 atom stereocenters. The lowest BCUT2D eigenvalue weighted by molar-refractivity contribution is -0.148. The summed E-state index contributed by atoms with van der Waals surface area (Å²) in [6, 6.07) is 6.39. The minimum absolute atomic E-state index is 0.279. The molecule has 2 nitrogen and oxygen atoms in total. The molecule has 0 bridgehead atoms. The summed E-state index contributed by atoms with van der Waals surface area (Å²) in [4.78, 5) is 0. The van der Waals surface area contributed by atoms with Crippen LogP contribution in [0.25, 0.3) is 0 Å². The van der Waals surface area contributed by atoms with E-state index >= 15 is 0 Å². The molecule has 1 aromatic carbocycles. The lowest BCUT2D eigenvalue weighted by Gasteiger charge is -2.44. The summed E-state index contributed by atoms with van der Waals surface area (Å²) < 4.78 is 5.51. The molecule has 17 heavy (non-hydrogen) atoms. The van der Waals surface area contributed by atoms with Gasteiger partial charge in [-0.15, -0.1) is 0 Å². The van der Waals surface area contributed by atoms with E-state index in [0.29, 0.717) is 6.42 Å². The molecule has 0 saturated heterocycles. The van der Waals surface area contributed by atoms with Crippen LogP contribution in [0.2, 0.25) is 0 Å². The van der Waals surface area contributed by atoms with Crippen molar-refractivity contribution in [2.75, 3.05) is 7.11 Å². The first kappa shape index (κ1) is 12.6. The second-order valence-corrected chi connectivity index (χ2v) is 5.26. The molecule has 94 valence electrons. The van der Waals surface area contributed by atoms with Gasteiger partial charge in [0, 0.05) is 13.5 Å². The van der Waals surface area contributed by atoms with Gasteiger partial charge in [0.15, 0.2) is 0 Å². The molecule has 1 aliphatic rings. The van der Waals surface area contributed by atoms with E-state index in [1.165, 1.54) is 16.7 Å². The first-order chi connectivity index (χ1) is 8.07. The Morgan fingerprint density at radius 1 is 1.29 bits per heavy atom. The van der Waals surface area contributed by atoms with Crippen molar-refractivity contribution in [2.45, 2.75) is 51.2 Å². The van der Waals surface area contributed by atoms with Crippen LogP contribution in [0, 0.1) is 13.8 Å². The number of benzene rings is 1. The smallest absolute Gasteiger partial charge is 0.0939 e. The van der Waals surface area contributed by atoms with Gasteiger partial charge in [-0.2, -0.15) is 0 Å². The Morgan fingerprint density at radius 2 is 2.00 bits per heavy atom. The molecule has 1 fully saturated rings. The van der Waals surface area contributed by atoms with Crippen molar-refractivity contribution >= 4 is 0 Å². The van der Waals surface area contributed by atoms with E-state index in [1.807, 2.05) is 0 Å². The average Bonchev–Trinajstić information content (AvgIpc) is 2.23. The molecule has 0 spiro atoms. The fraction of sp³-hybridized carbons (Fsp3) is 0.600. The predicted molar refractivity (Wildman–Crippen MR) is 69.2 cm³/mol. The van der Waals surface area contributed by atoms with E-state index in [-0.39, 0.29) is 11.7 Å². The van der Waals surface area contributed by atoms with Crippen molar-refractivity contribution in [1.29, 1.82) is 0 Å². The Morgan fingerprint density at radius 3 is 2.47 bits per heavy atom. The molecular weight excluding hydrogens is 212 g/mol. The Kier molecular flexibility index (Phi) is 3.55. The second kappa shape index (κ2) is 4.79. The van der Waals surface area contributed by atoms with E-state index in [4.69, 9.17) is 4.74 Å². The van der Waals surface area contributed by atoms with Gasteiger partial charge in [-0.3, -0.25) is 0 Å². The van der Waals surface area contributed by atoms with Gasteiger partial charge in [0.1, 0.15) is 0 Å². The third kappa shape index (κ3) is 2.38. The van der Waals surface area contributed by atoms with E-state index in [1.54, 1.807) is 7.11 Å². The molecule has 0 aromatic heterocycles. The second-order valence-electron chi connectivity index (χ2n) is 5.26. The molecule has 2 heteroatoms. The number of methoxy groups -OCH3 is 1. The van der Waals surface area contributed by atoms with Crippen LogP contribution in [-0.2, 0) is 11.2 Å². The molecule has 0 radical (unpaired) electrons. The van der Waals surface area contributed by atoms with Crippen LogP contribution in [0.15, 0.2) is 18.2 Å². The Bertz CT molecular complexity index is 388. The molecule has 1 aromatic rings. The minimum atomic E-state index is -0.386. The SMILES string of the molecule is COC1(C(O)Cc2ccc(C)c(C)c2)CCC1. The van der Waals surface area contributed by atoms with Crippen molar-refractivity contribution < 1.29 is 9.84 Å². The van der Waals surface area contributed by atoms with Crippen LogP contribution < -0.4 is 0 Å². The van der Waals surface area contributed by atoms with E-state index in [9.17, 15) is 5.11 Å². The summed E-state index contributed by atoms with van der Waals surface area (Å²) in [7, 11) is 1.71. The molecule has 1 saturated carbocycles. The maximum Gasteiger partial charge on any atom is 0.0939 e. The highest BCUT2D eigenvalue weighted by molar-refractivity contribution is 5.30. The third-order valence-corrected chi connectivity index (χ3v) is 4.21.